The molecule has 5 nitrogen and oxygen atoms in total. The van der Waals surface area contributed by atoms with Crippen LogP contribution in [0.4, 0.5) is 5.82 Å². The Bertz CT molecular complexity index is 633. The molecule has 2 aromatic rings. The summed E-state index contributed by atoms with van der Waals surface area (Å²) in [6.07, 6.45) is 1.29. The minimum Gasteiger partial charge on any atom is -0.367 e. The Labute approximate surface area is 137 Å². The second-order valence-electron chi connectivity index (χ2n) is 5.60. The highest BCUT2D eigenvalue weighted by atomic mass is 16.5. The number of nitrogens with one attached hydrogen (secondary N) is 1. The molecule has 2 rings (SSSR count). The van der Waals surface area contributed by atoms with Gasteiger partial charge in [0.2, 0.25) is 0 Å². The lowest BCUT2D eigenvalue weighted by Gasteiger charge is -2.19. The number of hydrogen-bond acceptors (Lipinski definition) is 3. The van der Waals surface area contributed by atoms with Crippen molar-refractivity contribution in [2.45, 2.75) is 45.8 Å². The standard InChI is InChI=1S/C18H25N3O2/c1-5-15(6-2)21-16(12-13(3)20-21)19-18(22)17(23-4)14-10-8-7-9-11-14/h7-12,15,17H,5-6H2,1-4H3,(H,19,22). The molecule has 1 aromatic carbocycles. The fraction of sp³-hybridized carbons (Fsp3) is 0.444. The van der Waals surface area contributed by atoms with Gasteiger partial charge in [0.05, 0.1) is 11.7 Å². The second-order valence-corrected chi connectivity index (χ2v) is 5.60. The van der Waals surface area contributed by atoms with Crippen LogP contribution in [0.2, 0.25) is 0 Å². The lowest BCUT2D eigenvalue weighted by Crippen LogP contribution is -2.25. The summed E-state index contributed by atoms with van der Waals surface area (Å²) < 4.78 is 7.30. The highest BCUT2D eigenvalue weighted by Gasteiger charge is 2.22. The highest BCUT2D eigenvalue weighted by Crippen LogP contribution is 2.24. The number of rotatable bonds is 7. The second kappa shape index (κ2) is 7.92. The minimum absolute atomic E-state index is 0.189. The van der Waals surface area contributed by atoms with Gasteiger partial charge in [-0.3, -0.25) is 4.79 Å². The Hall–Kier alpha value is -2.14. The van der Waals surface area contributed by atoms with Crippen molar-refractivity contribution in [1.29, 1.82) is 0 Å². The van der Waals surface area contributed by atoms with E-state index < -0.39 is 6.10 Å². The Morgan fingerprint density at radius 1 is 1.26 bits per heavy atom. The normalized spacial score (nSPS) is 12.4. The molecule has 5 heteroatoms. The summed E-state index contributed by atoms with van der Waals surface area (Å²) in [5.41, 5.74) is 1.72. The molecule has 1 unspecified atom stereocenters. The summed E-state index contributed by atoms with van der Waals surface area (Å²) in [5, 5.41) is 7.49. The van der Waals surface area contributed by atoms with Crippen LogP contribution < -0.4 is 5.32 Å². The molecule has 0 aliphatic rings. The fourth-order valence-corrected chi connectivity index (χ4v) is 2.74. The SMILES string of the molecule is CCC(CC)n1nc(C)cc1NC(=O)C(OC)c1ccccc1. The van der Waals surface area contributed by atoms with Crippen LogP contribution in [0.25, 0.3) is 0 Å². The number of methoxy groups -OCH3 is 1. The first-order chi connectivity index (χ1) is 11.1. The molecule has 0 aliphatic heterocycles. The molecular formula is C18H25N3O2. The van der Waals surface area contributed by atoms with E-state index in [4.69, 9.17) is 4.74 Å². The van der Waals surface area contributed by atoms with Gasteiger partial charge in [-0.1, -0.05) is 44.2 Å². The third kappa shape index (κ3) is 3.99. The number of hydrogen-bond donors (Lipinski definition) is 1. The molecule has 0 aliphatic carbocycles. The van der Waals surface area contributed by atoms with Crippen LogP contribution in [-0.2, 0) is 9.53 Å². The van der Waals surface area contributed by atoms with Crippen molar-refractivity contribution >= 4 is 11.7 Å². The third-order valence-corrected chi connectivity index (χ3v) is 3.97. The van der Waals surface area contributed by atoms with Crippen molar-refractivity contribution in [3.05, 3.63) is 47.7 Å². The molecule has 0 saturated heterocycles. The van der Waals surface area contributed by atoms with E-state index in [2.05, 4.69) is 24.3 Å². The van der Waals surface area contributed by atoms with E-state index in [-0.39, 0.29) is 11.9 Å². The van der Waals surface area contributed by atoms with Crippen LogP contribution in [0.15, 0.2) is 36.4 Å². The van der Waals surface area contributed by atoms with Crippen molar-refractivity contribution in [3.8, 4) is 0 Å². The molecule has 0 saturated carbocycles. The van der Waals surface area contributed by atoms with Gasteiger partial charge in [0.1, 0.15) is 5.82 Å². The maximum absolute atomic E-state index is 12.6. The molecule has 1 heterocycles. The van der Waals surface area contributed by atoms with E-state index in [9.17, 15) is 4.79 Å². The van der Waals surface area contributed by atoms with Crippen LogP contribution >= 0.6 is 0 Å². The number of aryl methyl sites for hydroxylation is 1. The maximum Gasteiger partial charge on any atom is 0.259 e. The Morgan fingerprint density at radius 2 is 1.91 bits per heavy atom. The van der Waals surface area contributed by atoms with E-state index in [0.29, 0.717) is 0 Å². The van der Waals surface area contributed by atoms with Crippen LogP contribution in [0, 0.1) is 6.92 Å². The Morgan fingerprint density at radius 3 is 2.48 bits per heavy atom. The number of carbonyl (C=O) groups is 1. The number of aromatic nitrogens is 2. The Kier molecular flexibility index (Phi) is 5.93. The maximum atomic E-state index is 12.6. The molecule has 0 bridgehead atoms. The minimum atomic E-state index is -0.637. The predicted octanol–water partition coefficient (Wildman–Crippen LogP) is 3.88. The fourth-order valence-electron chi connectivity index (χ4n) is 2.74. The van der Waals surface area contributed by atoms with Gasteiger partial charge in [-0.2, -0.15) is 5.10 Å². The molecule has 1 atom stereocenters. The van der Waals surface area contributed by atoms with Crippen molar-refractivity contribution in [2.75, 3.05) is 12.4 Å². The van der Waals surface area contributed by atoms with Gasteiger partial charge in [0, 0.05) is 13.2 Å². The van der Waals surface area contributed by atoms with E-state index in [0.717, 1.165) is 29.9 Å². The largest absolute Gasteiger partial charge is 0.367 e. The molecule has 0 radical (unpaired) electrons. The third-order valence-electron chi connectivity index (χ3n) is 3.97. The van der Waals surface area contributed by atoms with Gasteiger partial charge < -0.3 is 10.1 Å². The number of benzene rings is 1. The lowest BCUT2D eigenvalue weighted by molar-refractivity contribution is -0.126. The average Bonchev–Trinajstić information content (AvgIpc) is 2.91. The number of nitrogens with zero attached hydrogens (tertiary/aromatic N) is 2. The number of carbonyl (C=O) groups excluding carboxylic acids is 1. The number of amides is 1. The first-order valence-corrected chi connectivity index (χ1v) is 8.05. The Balaban J connectivity index is 2.22. The van der Waals surface area contributed by atoms with Gasteiger partial charge >= 0.3 is 0 Å². The molecule has 0 fully saturated rings. The van der Waals surface area contributed by atoms with Crippen molar-refractivity contribution in [1.82, 2.24) is 9.78 Å². The van der Waals surface area contributed by atoms with Crippen LogP contribution in [-0.4, -0.2) is 22.8 Å². The van der Waals surface area contributed by atoms with E-state index in [1.807, 2.05) is 48.0 Å². The number of ether oxygens (including phenoxy) is 1. The average molecular weight is 315 g/mol. The summed E-state index contributed by atoms with van der Waals surface area (Å²) in [4.78, 5) is 12.6. The molecule has 1 aromatic heterocycles. The zero-order chi connectivity index (χ0) is 16.8. The molecule has 1 N–H and O–H groups in total. The van der Waals surface area contributed by atoms with Crippen molar-refractivity contribution < 1.29 is 9.53 Å². The summed E-state index contributed by atoms with van der Waals surface area (Å²) >= 11 is 0. The van der Waals surface area contributed by atoms with Crippen molar-refractivity contribution in [2.24, 2.45) is 0 Å². The molecular weight excluding hydrogens is 290 g/mol. The summed E-state index contributed by atoms with van der Waals surface area (Å²) in [5.74, 6) is 0.532. The first kappa shape index (κ1) is 17.2. The van der Waals surface area contributed by atoms with Crippen LogP contribution in [0.3, 0.4) is 0 Å². The van der Waals surface area contributed by atoms with Gasteiger partial charge in [0.15, 0.2) is 6.10 Å². The topological polar surface area (TPSA) is 56.2 Å². The molecule has 0 spiro atoms. The number of anilines is 1. The van der Waals surface area contributed by atoms with Gasteiger partial charge in [0.25, 0.3) is 5.91 Å². The van der Waals surface area contributed by atoms with Crippen LogP contribution in [0.5, 0.6) is 0 Å². The summed E-state index contributed by atoms with van der Waals surface area (Å²) in [6.45, 7) is 6.18. The summed E-state index contributed by atoms with van der Waals surface area (Å²) in [7, 11) is 1.54. The molecule has 124 valence electrons. The van der Waals surface area contributed by atoms with Crippen molar-refractivity contribution in [3.63, 3.8) is 0 Å². The molecule has 1 amide bonds. The zero-order valence-electron chi connectivity index (χ0n) is 14.2. The van der Waals surface area contributed by atoms with Gasteiger partial charge in [-0.15, -0.1) is 0 Å². The monoisotopic (exact) mass is 315 g/mol. The van der Waals surface area contributed by atoms with E-state index in [1.54, 1.807) is 7.11 Å². The molecule has 23 heavy (non-hydrogen) atoms. The highest BCUT2D eigenvalue weighted by molar-refractivity contribution is 5.94. The smallest absolute Gasteiger partial charge is 0.259 e. The predicted molar refractivity (Wildman–Crippen MR) is 91.4 cm³/mol. The van der Waals surface area contributed by atoms with E-state index in [1.165, 1.54) is 0 Å². The lowest BCUT2D eigenvalue weighted by atomic mass is 10.1. The first-order valence-electron chi connectivity index (χ1n) is 8.05. The zero-order valence-corrected chi connectivity index (χ0v) is 14.2. The summed E-state index contributed by atoms with van der Waals surface area (Å²) in [6, 6.07) is 11.7. The van der Waals surface area contributed by atoms with Gasteiger partial charge in [-0.25, -0.2) is 4.68 Å². The van der Waals surface area contributed by atoms with Crippen LogP contribution in [0.1, 0.15) is 50.1 Å². The van der Waals surface area contributed by atoms with E-state index >= 15 is 0 Å². The van der Waals surface area contributed by atoms with Gasteiger partial charge in [-0.05, 0) is 25.3 Å². The quantitative estimate of drug-likeness (QED) is 0.843.